The van der Waals surface area contributed by atoms with Crippen molar-refractivity contribution >= 4 is 35.3 Å². The molecule has 236 valence electrons. The van der Waals surface area contributed by atoms with E-state index in [1.54, 1.807) is 46.8 Å². The first-order valence-electron chi connectivity index (χ1n) is 14.7. The molecule has 2 aliphatic rings. The molecule has 1 aromatic rings. The standard InChI is InChI=1S/C30H44N6O7/c1-16(2)22(23(37)18-9-7-11-21(32-18)43-6)34-29(42)35-25(30(3,4)5)28(41)36-14-8-10-20(36)27(40)33-19(15-17-12-13-17)24(38)26(31)39/h7,9,11,16-17,19-20,22,25H,8,10,12-15H2,1-6H3,(H2,31,39)(H,33,40)(H2,34,35,42). The number of ether oxygens (including phenoxy) is 1. The molecule has 43 heavy (non-hydrogen) atoms. The number of hydrogen-bond donors (Lipinski definition) is 4. The van der Waals surface area contributed by atoms with Gasteiger partial charge in [-0.3, -0.25) is 24.0 Å². The van der Waals surface area contributed by atoms with Gasteiger partial charge in [-0.25, -0.2) is 9.78 Å². The molecule has 2 heterocycles. The van der Waals surface area contributed by atoms with Crippen molar-refractivity contribution in [3.05, 3.63) is 23.9 Å². The van der Waals surface area contributed by atoms with Gasteiger partial charge in [-0.2, -0.15) is 0 Å². The molecule has 0 spiro atoms. The van der Waals surface area contributed by atoms with Crippen molar-refractivity contribution in [2.75, 3.05) is 13.7 Å². The molecule has 1 saturated carbocycles. The normalized spacial score (nSPS) is 18.8. The summed E-state index contributed by atoms with van der Waals surface area (Å²) in [6, 6.07) is 0.142. The van der Waals surface area contributed by atoms with Crippen molar-refractivity contribution in [2.45, 2.75) is 90.9 Å². The molecule has 4 unspecified atom stereocenters. The number of ketones is 2. The first-order valence-corrected chi connectivity index (χ1v) is 14.7. The number of primary amides is 1. The molecule has 2 fully saturated rings. The highest BCUT2D eigenvalue weighted by molar-refractivity contribution is 6.37. The summed E-state index contributed by atoms with van der Waals surface area (Å²) < 4.78 is 5.11. The van der Waals surface area contributed by atoms with Gasteiger partial charge in [-0.1, -0.05) is 53.5 Å². The van der Waals surface area contributed by atoms with Crippen LogP contribution < -0.4 is 26.4 Å². The van der Waals surface area contributed by atoms with E-state index >= 15 is 0 Å². The number of nitrogens with two attached hydrogens (primary N) is 1. The van der Waals surface area contributed by atoms with E-state index in [1.165, 1.54) is 18.1 Å². The van der Waals surface area contributed by atoms with E-state index in [4.69, 9.17) is 10.5 Å². The predicted octanol–water partition coefficient (Wildman–Crippen LogP) is 1.34. The number of carbonyl (C=O) groups is 6. The third kappa shape index (κ3) is 8.74. The van der Waals surface area contributed by atoms with Crippen LogP contribution in [0.4, 0.5) is 4.79 Å². The van der Waals surface area contributed by atoms with Gasteiger partial charge in [0, 0.05) is 12.6 Å². The smallest absolute Gasteiger partial charge is 0.316 e. The van der Waals surface area contributed by atoms with Crippen molar-refractivity contribution in [3.8, 4) is 5.88 Å². The molecule has 5 amide bonds. The Labute approximate surface area is 252 Å². The zero-order valence-electron chi connectivity index (χ0n) is 25.8. The molecule has 1 aliphatic carbocycles. The number of rotatable bonds is 13. The molecule has 0 bridgehead atoms. The fourth-order valence-electron chi connectivity index (χ4n) is 5.15. The SMILES string of the molecule is COc1cccc(C(=O)C(NC(=O)NC(C(=O)N2CCCC2C(=O)NC(CC2CC2)C(=O)C(N)=O)C(C)(C)C)C(C)C)n1. The molecule has 13 nitrogen and oxygen atoms in total. The Balaban J connectivity index is 1.74. The maximum Gasteiger partial charge on any atom is 0.316 e. The quantitative estimate of drug-likeness (QED) is 0.193. The number of amides is 5. The molecule has 0 radical (unpaired) electrons. The van der Waals surface area contributed by atoms with Crippen LogP contribution in [-0.2, 0) is 19.2 Å². The van der Waals surface area contributed by atoms with Crippen LogP contribution >= 0.6 is 0 Å². The Morgan fingerprint density at radius 2 is 1.72 bits per heavy atom. The molecule has 13 heteroatoms. The second kappa shape index (κ2) is 14.0. The lowest BCUT2D eigenvalue weighted by molar-refractivity contribution is -0.143. The fraction of sp³-hybridized carbons (Fsp3) is 0.633. The van der Waals surface area contributed by atoms with E-state index < -0.39 is 64.9 Å². The number of nitrogens with zero attached hydrogens (tertiary/aromatic N) is 2. The van der Waals surface area contributed by atoms with Crippen molar-refractivity contribution in [1.29, 1.82) is 0 Å². The minimum atomic E-state index is -1.12. The third-order valence-corrected chi connectivity index (χ3v) is 7.79. The lowest BCUT2D eigenvalue weighted by atomic mass is 9.85. The van der Waals surface area contributed by atoms with E-state index in [0.29, 0.717) is 19.3 Å². The number of urea groups is 1. The molecule has 1 aromatic heterocycles. The van der Waals surface area contributed by atoms with Gasteiger partial charge in [0.1, 0.15) is 17.8 Å². The van der Waals surface area contributed by atoms with Gasteiger partial charge in [0.25, 0.3) is 5.91 Å². The number of pyridine rings is 1. The van der Waals surface area contributed by atoms with Crippen LogP contribution in [0.3, 0.4) is 0 Å². The van der Waals surface area contributed by atoms with Crippen LogP contribution in [-0.4, -0.2) is 83.0 Å². The van der Waals surface area contributed by atoms with Crippen molar-refractivity contribution in [1.82, 2.24) is 25.8 Å². The zero-order valence-corrected chi connectivity index (χ0v) is 25.8. The largest absolute Gasteiger partial charge is 0.481 e. The second-order valence-corrected chi connectivity index (χ2v) is 12.7. The average Bonchev–Trinajstić information content (AvgIpc) is 3.63. The highest BCUT2D eigenvalue weighted by Gasteiger charge is 2.43. The van der Waals surface area contributed by atoms with Gasteiger partial charge in [0.2, 0.25) is 29.3 Å². The maximum absolute atomic E-state index is 13.9. The van der Waals surface area contributed by atoms with E-state index in [1.807, 2.05) is 0 Å². The summed E-state index contributed by atoms with van der Waals surface area (Å²) >= 11 is 0. The fourth-order valence-corrected chi connectivity index (χ4v) is 5.15. The average molecular weight is 601 g/mol. The van der Waals surface area contributed by atoms with E-state index in [2.05, 4.69) is 20.9 Å². The van der Waals surface area contributed by atoms with Gasteiger partial charge < -0.3 is 31.3 Å². The van der Waals surface area contributed by atoms with Crippen LogP contribution in [0, 0.1) is 17.3 Å². The van der Waals surface area contributed by atoms with E-state index in [-0.39, 0.29) is 30.0 Å². The first-order chi connectivity index (χ1) is 20.1. The van der Waals surface area contributed by atoms with Crippen molar-refractivity contribution in [2.24, 2.45) is 23.0 Å². The molecule has 1 aliphatic heterocycles. The Hall–Kier alpha value is -4.03. The predicted molar refractivity (Wildman–Crippen MR) is 157 cm³/mol. The Morgan fingerprint density at radius 1 is 1.05 bits per heavy atom. The van der Waals surface area contributed by atoms with Gasteiger partial charge in [0.15, 0.2) is 0 Å². The van der Waals surface area contributed by atoms with Crippen LogP contribution in [0.2, 0.25) is 0 Å². The number of carbonyl (C=O) groups excluding carboxylic acids is 6. The Kier molecular flexibility index (Phi) is 10.9. The van der Waals surface area contributed by atoms with Gasteiger partial charge in [-0.05, 0) is 42.6 Å². The van der Waals surface area contributed by atoms with Crippen molar-refractivity contribution in [3.63, 3.8) is 0 Å². The summed E-state index contributed by atoms with van der Waals surface area (Å²) in [5, 5.41) is 8.08. The zero-order chi connectivity index (χ0) is 32.1. The van der Waals surface area contributed by atoms with Crippen LogP contribution in [0.15, 0.2) is 18.2 Å². The van der Waals surface area contributed by atoms with E-state index in [0.717, 1.165) is 12.8 Å². The van der Waals surface area contributed by atoms with Gasteiger partial charge in [-0.15, -0.1) is 0 Å². The van der Waals surface area contributed by atoms with Crippen LogP contribution in [0.25, 0.3) is 0 Å². The summed E-state index contributed by atoms with van der Waals surface area (Å²) in [7, 11) is 1.44. The second-order valence-electron chi connectivity index (χ2n) is 12.7. The van der Waals surface area contributed by atoms with Gasteiger partial charge in [0.05, 0.1) is 19.2 Å². The minimum absolute atomic E-state index is 0.127. The molecule has 0 aromatic carbocycles. The molecule has 1 saturated heterocycles. The number of Topliss-reactive ketones (excluding diaryl/α,β-unsaturated/α-hetero) is 2. The highest BCUT2D eigenvalue weighted by Crippen LogP contribution is 2.34. The highest BCUT2D eigenvalue weighted by atomic mass is 16.5. The van der Waals surface area contributed by atoms with Crippen LogP contribution in [0.1, 0.15) is 77.2 Å². The number of likely N-dealkylation sites (tertiary alicyclic amines) is 1. The van der Waals surface area contributed by atoms with Crippen LogP contribution in [0.5, 0.6) is 5.88 Å². The number of methoxy groups -OCH3 is 1. The molecular formula is C30H44N6O7. The molecular weight excluding hydrogens is 556 g/mol. The molecule has 3 rings (SSSR count). The third-order valence-electron chi connectivity index (χ3n) is 7.79. The molecule has 4 atom stereocenters. The lowest BCUT2D eigenvalue weighted by Crippen LogP contribution is -2.61. The Bertz CT molecular complexity index is 1240. The summed E-state index contributed by atoms with van der Waals surface area (Å²) in [6.07, 6.45) is 3.04. The number of aromatic nitrogens is 1. The Morgan fingerprint density at radius 3 is 2.28 bits per heavy atom. The number of hydrogen-bond acceptors (Lipinski definition) is 8. The monoisotopic (exact) mass is 600 g/mol. The number of nitrogens with one attached hydrogen (secondary N) is 3. The minimum Gasteiger partial charge on any atom is -0.481 e. The van der Waals surface area contributed by atoms with Gasteiger partial charge >= 0.3 is 6.03 Å². The summed E-state index contributed by atoms with van der Waals surface area (Å²) in [6.45, 7) is 9.18. The lowest BCUT2D eigenvalue weighted by Gasteiger charge is -2.36. The summed E-state index contributed by atoms with van der Waals surface area (Å²) in [5.74, 6) is -3.20. The molecule has 5 N–H and O–H groups in total. The summed E-state index contributed by atoms with van der Waals surface area (Å²) in [4.78, 5) is 83.2. The van der Waals surface area contributed by atoms with E-state index in [9.17, 15) is 28.8 Å². The maximum atomic E-state index is 13.9. The summed E-state index contributed by atoms with van der Waals surface area (Å²) in [5.41, 5.74) is 4.57. The first kappa shape index (κ1) is 33.5. The van der Waals surface area contributed by atoms with Crippen molar-refractivity contribution < 1.29 is 33.5 Å². The topological polar surface area (TPSA) is 190 Å².